The van der Waals surface area contributed by atoms with E-state index in [0.717, 1.165) is 40.0 Å². The highest BCUT2D eigenvalue weighted by Gasteiger charge is 2.49. The largest absolute Gasteiger partial charge is 0.469 e. The molecule has 2 N–H and O–H groups in total. The number of rotatable bonds is 9. The van der Waals surface area contributed by atoms with Gasteiger partial charge in [0.2, 0.25) is 0 Å². The Kier molecular flexibility index (Phi) is 8.45. The number of hydrogen-bond acceptors (Lipinski definition) is 6. The lowest BCUT2D eigenvalue weighted by Crippen LogP contribution is -2.47. The van der Waals surface area contributed by atoms with E-state index in [-0.39, 0.29) is 36.7 Å². The van der Waals surface area contributed by atoms with Gasteiger partial charge in [-0.3, -0.25) is 9.36 Å². The van der Waals surface area contributed by atoms with Crippen LogP contribution >= 0.6 is 19.6 Å². The minimum absolute atomic E-state index is 0.0648. The molecule has 1 aliphatic heterocycles. The maximum atomic E-state index is 14.6. The van der Waals surface area contributed by atoms with E-state index in [4.69, 9.17) is 14.6 Å². The summed E-state index contributed by atoms with van der Waals surface area (Å²) in [5.41, 5.74) is 0.496. The van der Waals surface area contributed by atoms with Crippen LogP contribution in [-0.2, 0) is 18.8 Å². The molecule has 2 amide bonds. The zero-order valence-corrected chi connectivity index (χ0v) is 20.1. The smallest absolute Gasteiger partial charge is 0.303 e. The summed E-state index contributed by atoms with van der Waals surface area (Å²) in [6.45, 7) is 1.60. The maximum absolute atomic E-state index is 14.6. The normalized spacial score (nSPS) is 18.2. The van der Waals surface area contributed by atoms with Crippen molar-refractivity contribution < 1.29 is 37.3 Å². The predicted molar refractivity (Wildman–Crippen MR) is 122 cm³/mol. The van der Waals surface area contributed by atoms with Crippen molar-refractivity contribution in [2.75, 3.05) is 20.3 Å². The van der Waals surface area contributed by atoms with Crippen molar-refractivity contribution >= 4 is 30.7 Å². The molecule has 0 spiro atoms. The maximum Gasteiger partial charge on any atom is 0.469 e. The Balaban J connectivity index is 2.07. The highest BCUT2D eigenvalue weighted by Crippen LogP contribution is 2.51. The summed E-state index contributed by atoms with van der Waals surface area (Å²) in [6.07, 6.45) is 0.237. The van der Waals surface area contributed by atoms with E-state index in [0.29, 0.717) is 5.56 Å². The number of hydroxylamine groups is 2. The van der Waals surface area contributed by atoms with Gasteiger partial charge in [0.25, 0.3) is 0 Å². The highest BCUT2D eigenvalue weighted by atomic mass is 32.2. The molecular formula is C21H24F2N3O6PS. The molecule has 0 bridgehead atoms. The van der Waals surface area contributed by atoms with Crippen LogP contribution in [0, 0.1) is 11.6 Å². The first kappa shape index (κ1) is 26.3. The molecule has 0 aromatic heterocycles. The molecule has 0 fully saturated rings. The van der Waals surface area contributed by atoms with Crippen molar-refractivity contribution in [3.8, 4) is 0 Å². The number of carbonyl (C=O) groups excluding carboxylic acids is 1. The van der Waals surface area contributed by atoms with Crippen molar-refractivity contribution in [2.24, 2.45) is 5.10 Å². The van der Waals surface area contributed by atoms with Gasteiger partial charge in [-0.2, -0.15) is 10.1 Å². The Morgan fingerprint density at radius 2 is 1.94 bits per heavy atom. The monoisotopic (exact) mass is 515 g/mol. The third-order valence-corrected chi connectivity index (χ3v) is 6.84. The summed E-state index contributed by atoms with van der Waals surface area (Å²) in [4.78, 5) is 35.4. The molecule has 184 valence electrons. The summed E-state index contributed by atoms with van der Waals surface area (Å²) in [6, 6.07) is 11.1. The number of carbonyl (C=O) groups is 1. The van der Waals surface area contributed by atoms with E-state index < -0.39 is 30.4 Å². The van der Waals surface area contributed by atoms with Crippen LogP contribution < -0.4 is 0 Å². The van der Waals surface area contributed by atoms with E-state index in [9.17, 15) is 18.1 Å². The SMILES string of the molecule is CCON(C)C(=O)N1N=C(c2cc(F)ccc2F)SC1(CCCOP(=O)(O)O)c1ccccc1. The molecule has 9 nitrogen and oxygen atoms in total. The van der Waals surface area contributed by atoms with E-state index in [1.807, 2.05) is 0 Å². The Morgan fingerprint density at radius 3 is 2.59 bits per heavy atom. The number of hydrazone groups is 1. The van der Waals surface area contributed by atoms with Crippen LogP contribution in [-0.4, -0.2) is 51.2 Å². The van der Waals surface area contributed by atoms with Gasteiger partial charge in [-0.05, 0) is 43.5 Å². The van der Waals surface area contributed by atoms with E-state index in [1.54, 1.807) is 37.3 Å². The van der Waals surface area contributed by atoms with Gasteiger partial charge >= 0.3 is 13.9 Å². The zero-order chi connectivity index (χ0) is 24.9. The minimum Gasteiger partial charge on any atom is -0.303 e. The first-order chi connectivity index (χ1) is 16.1. The van der Waals surface area contributed by atoms with E-state index in [2.05, 4.69) is 9.63 Å². The van der Waals surface area contributed by atoms with Gasteiger partial charge in [0.05, 0.1) is 13.2 Å². The summed E-state index contributed by atoms with van der Waals surface area (Å²) in [5.74, 6) is -1.39. The minimum atomic E-state index is -4.69. The Morgan fingerprint density at radius 1 is 1.24 bits per heavy atom. The van der Waals surface area contributed by atoms with Crippen LogP contribution in [0.25, 0.3) is 0 Å². The number of halogens is 2. The molecule has 1 atom stereocenters. The first-order valence-electron chi connectivity index (χ1n) is 10.3. The van der Waals surface area contributed by atoms with Crippen LogP contribution in [0.15, 0.2) is 53.6 Å². The molecule has 0 saturated carbocycles. The molecule has 2 aromatic carbocycles. The molecular weight excluding hydrogens is 491 g/mol. The van der Waals surface area contributed by atoms with Gasteiger partial charge in [0, 0.05) is 12.6 Å². The van der Waals surface area contributed by atoms with Crippen LogP contribution in [0.3, 0.4) is 0 Å². The second kappa shape index (κ2) is 10.9. The third-order valence-electron chi connectivity index (χ3n) is 4.87. The Bertz CT molecular complexity index is 1100. The second-order valence-electron chi connectivity index (χ2n) is 7.22. The highest BCUT2D eigenvalue weighted by molar-refractivity contribution is 8.15. The molecule has 1 aliphatic rings. The van der Waals surface area contributed by atoms with E-state index >= 15 is 0 Å². The number of nitrogens with zero attached hydrogens (tertiary/aromatic N) is 3. The van der Waals surface area contributed by atoms with Crippen LogP contribution in [0.1, 0.15) is 30.9 Å². The fourth-order valence-corrected chi connectivity index (χ4v) is 5.20. The van der Waals surface area contributed by atoms with Crippen LogP contribution in [0.2, 0.25) is 0 Å². The van der Waals surface area contributed by atoms with Crippen LogP contribution in [0.5, 0.6) is 0 Å². The van der Waals surface area contributed by atoms with Crippen molar-refractivity contribution in [3.05, 3.63) is 71.3 Å². The number of amides is 2. The van der Waals surface area contributed by atoms with Crippen molar-refractivity contribution in [3.63, 3.8) is 0 Å². The summed E-state index contributed by atoms with van der Waals surface area (Å²) >= 11 is 1.03. The number of urea groups is 1. The summed E-state index contributed by atoms with van der Waals surface area (Å²) in [5, 5.41) is 6.54. The van der Waals surface area contributed by atoms with Crippen molar-refractivity contribution in [2.45, 2.75) is 24.6 Å². The van der Waals surface area contributed by atoms with Gasteiger partial charge in [0.15, 0.2) is 0 Å². The molecule has 13 heteroatoms. The van der Waals surface area contributed by atoms with Gasteiger partial charge in [0.1, 0.15) is 21.5 Å². The van der Waals surface area contributed by atoms with E-state index in [1.165, 1.54) is 7.05 Å². The van der Waals surface area contributed by atoms with Crippen LogP contribution in [0.4, 0.5) is 13.6 Å². The molecule has 2 aromatic rings. The molecule has 0 aliphatic carbocycles. The second-order valence-corrected chi connectivity index (χ2v) is 9.72. The lowest BCUT2D eigenvalue weighted by Gasteiger charge is -2.37. The topological polar surface area (TPSA) is 112 Å². The fourth-order valence-electron chi connectivity index (χ4n) is 3.42. The zero-order valence-electron chi connectivity index (χ0n) is 18.4. The molecule has 0 radical (unpaired) electrons. The van der Waals surface area contributed by atoms with Gasteiger partial charge < -0.3 is 9.79 Å². The van der Waals surface area contributed by atoms with Gasteiger partial charge in [-0.15, -0.1) is 0 Å². The number of phosphoric ester groups is 1. The average Bonchev–Trinajstić information content (AvgIpc) is 3.18. The quantitative estimate of drug-likeness (QED) is 0.289. The molecule has 1 unspecified atom stereocenters. The third kappa shape index (κ3) is 6.01. The molecule has 34 heavy (non-hydrogen) atoms. The van der Waals surface area contributed by atoms with Crippen molar-refractivity contribution in [1.29, 1.82) is 0 Å². The number of benzene rings is 2. The summed E-state index contributed by atoms with van der Waals surface area (Å²) < 4.78 is 44.2. The predicted octanol–water partition coefficient (Wildman–Crippen LogP) is 4.42. The number of thioether (sulfide) groups is 1. The first-order valence-corrected chi connectivity index (χ1v) is 12.6. The molecule has 3 rings (SSSR count). The average molecular weight is 515 g/mol. The fraction of sp³-hybridized carbons (Fsp3) is 0.333. The number of hydrogen-bond donors (Lipinski definition) is 2. The molecule has 1 heterocycles. The molecule has 0 saturated heterocycles. The standard InChI is InChI=1S/C21H24F2N3O6PS/c1-3-31-25(2)20(27)26-21(15-8-5-4-6-9-15,12-7-13-32-33(28,29)30)34-19(24-26)17-14-16(22)10-11-18(17)23/h4-6,8-11,14H,3,7,12-13H2,1-2H3,(H2,28,29,30). The number of phosphoric acid groups is 1. The lowest BCUT2D eigenvalue weighted by molar-refractivity contribution is -0.105. The van der Waals surface area contributed by atoms with Gasteiger partial charge in [-0.1, -0.05) is 42.1 Å². The lowest BCUT2D eigenvalue weighted by atomic mass is 10.0. The summed E-state index contributed by atoms with van der Waals surface area (Å²) in [7, 11) is -3.29. The van der Waals surface area contributed by atoms with Gasteiger partial charge in [-0.25, -0.2) is 23.2 Å². The Labute approximate surface area is 199 Å². The van der Waals surface area contributed by atoms with Crippen molar-refractivity contribution in [1.82, 2.24) is 10.1 Å². The Hall–Kier alpha value is -2.34.